The summed E-state index contributed by atoms with van der Waals surface area (Å²) in [5.74, 6) is 0.424. The minimum atomic E-state index is -0.899. The van der Waals surface area contributed by atoms with Gasteiger partial charge in [0.1, 0.15) is 24.1 Å². The number of aliphatic hydroxyl groups is 1. The number of rotatable bonds is 6. The topological polar surface area (TPSA) is 94.8 Å². The Morgan fingerprint density at radius 1 is 1.28 bits per heavy atom. The maximum Gasteiger partial charge on any atom is 0.351 e. The Labute approximate surface area is 145 Å². The molecule has 4 atom stereocenters. The lowest BCUT2D eigenvalue weighted by molar-refractivity contribution is -0.0668. The number of nitrogens with one attached hydrogen (secondary N) is 1. The molecular weight excluding hydrogens is 326 g/mol. The van der Waals surface area contributed by atoms with Crippen LogP contribution in [0.5, 0.6) is 0 Å². The van der Waals surface area contributed by atoms with Crippen molar-refractivity contribution in [3.8, 4) is 0 Å². The molecule has 1 aliphatic heterocycles. The van der Waals surface area contributed by atoms with E-state index in [1.54, 1.807) is 12.3 Å². The molecular formula is C17H21N3O5. The molecule has 2 heterocycles. The first kappa shape index (κ1) is 17.6. The number of para-hydroxylation sites is 1. The van der Waals surface area contributed by atoms with Gasteiger partial charge in [0.25, 0.3) is 0 Å². The molecule has 0 aliphatic carbocycles. The average molecular weight is 347 g/mol. The molecule has 1 fully saturated rings. The van der Waals surface area contributed by atoms with Crippen molar-refractivity contribution in [2.24, 2.45) is 0 Å². The summed E-state index contributed by atoms with van der Waals surface area (Å²) >= 11 is 0. The summed E-state index contributed by atoms with van der Waals surface area (Å²) in [5, 5.41) is 13.3. The summed E-state index contributed by atoms with van der Waals surface area (Å²) in [4.78, 5) is 16.4. The second-order valence-electron chi connectivity index (χ2n) is 5.71. The van der Waals surface area contributed by atoms with Crippen molar-refractivity contribution in [3.05, 3.63) is 53.1 Å². The lowest BCUT2D eigenvalue weighted by Crippen LogP contribution is -2.37. The van der Waals surface area contributed by atoms with E-state index in [4.69, 9.17) is 14.2 Å². The highest BCUT2D eigenvalue weighted by molar-refractivity contribution is 5.54. The van der Waals surface area contributed by atoms with E-state index in [0.717, 1.165) is 5.69 Å². The van der Waals surface area contributed by atoms with E-state index in [-0.39, 0.29) is 6.61 Å². The summed E-state index contributed by atoms with van der Waals surface area (Å²) in [7, 11) is 2.98. The van der Waals surface area contributed by atoms with Crippen molar-refractivity contribution in [2.75, 3.05) is 26.1 Å². The fourth-order valence-electron chi connectivity index (χ4n) is 2.84. The van der Waals surface area contributed by atoms with Crippen LogP contribution in [0.25, 0.3) is 0 Å². The second-order valence-corrected chi connectivity index (χ2v) is 5.71. The fourth-order valence-corrected chi connectivity index (χ4v) is 2.84. The maximum atomic E-state index is 12.4. The van der Waals surface area contributed by atoms with Gasteiger partial charge in [0.15, 0.2) is 6.23 Å². The number of nitrogens with zero attached hydrogens (tertiary/aromatic N) is 2. The highest BCUT2D eigenvalue weighted by Gasteiger charge is 2.45. The molecule has 0 saturated carbocycles. The molecule has 25 heavy (non-hydrogen) atoms. The number of hydrogen-bond acceptors (Lipinski definition) is 7. The number of anilines is 2. The van der Waals surface area contributed by atoms with Gasteiger partial charge in [-0.05, 0) is 18.2 Å². The number of aromatic nitrogens is 2. The van der Waals surface area contributed by atoms with Crippen LogP contribution in [0, 0.1) is 0 Å². The number of methoxy groups -OCH3 is 2. The van der Waals surface area contributed by atoms with Crippen molar-refractivity contribution in [3.63, 3.8) is 0 Å². The molecule has 1 aromatic carbocycles. The van der Waals surface area contributed by atoms with Gasteiger partial charge in [0.05, 0.1) is 6.61 Å². The molecule has 134 valence electrons. The molecule has 1 aliphatic rings. The molecule has 8 heteroatoms. The van der Waals surface area contributed by atoms with Gasteiger partial charge in [0.2, 0.25) is 0 Å². The number of hydrogen-bond donors (Lipinski definition) is 2. The fraction of sp³-hybridized carbons (Fsp3) is 0.412. The molecule has 1 aromatic heterocycles. The summed E-state index contributed by atoms with van der Waals surface area (Å²) in [5.41, 5.74) is 0.327. The SMILES string of the molecule is COC[C@H]1O[C@@H](n2ccc(Nc3ccccc3)nc2=O)[C@@H](OC)C1O. The van der Waals surface area contributed by atoms with Gasteiger partial charge in [-0.2, -0.15) is 4.98 Å². The van der Waals surface area contributed by atoms with Gasteiger partial charge >= 0.3 is 5.69 Å². The maximum absolute atomic E-state index is 12.4. The quantitative estimate of drug-likeness (QED) is 0.802. The molecule has 3 rings (SSSR count). The summed E-state index contributed by atoms with van der Waals surface area (Å²) in [6, 6.07) is 11.1. The second kappa shape index (κ2) is 7.75. The minimum Gasteiger partial charge on any atom is -0.387 e. The third-order valence-corrected chi connectivity index (χ3v) is 4.07. The van der Waals surface area contributed by atoms with Crippen LogP contribution in [-0.4, -0.2) is 53.8 Å². The van der Waals surface area contributed by atoms with Gasteiger partial charge in [-0.3, -0.25) is 4.57 Å². The third kappa shape index (κ3) is 3.72. The van der Waals surface area contributed by atoms with Crippen LogP contribution in [0.15, 0.2) is 47.4 Å². The van der Waals surface area contributed by atoms with Crippen LogP contribution in [0.4, 0.5) is 11.5 Å². The van der Waals surface area contributed by atoms with Crippen molar-refractivity contribution >= 4 is 11.5 Å². The number of benzene rings is 1. The Balaban J connectivity index is 1.82. The highest BCUT2D eigenvalue weighted by Crippen LogP contribution is 2.30. The molecule has 2 aromatic rings. The Morgan fingerprint density at radius 3 is 2.68 bits per heavy atom. The van der Waals surface area contributed by atoms with Gasteiger partial charge in [-0.25, -0.2) is 4.79 Å². The van der Waals surface area contributed by atoms with Crippen molar-refractivity contribution in [2.45, 2.75) is 24.5 Å². The van der Waals surface area contributed by atoms with Crippen molar-refractivity contribution in [1.82, 2.24) is 9.55 Å². The first-order chi connectivity index (χ1) is 12.1. The first-order valence-corrected chi connectivity index (χ1v) is 7.90. The van der Waals surface area contributed by atoms with E-state index in [1.807, 2.05) is 30.3 Å². The lowest BCUT2D eigenvalue weighted by Gasteiger charge is -2.20. The van der Waals surface area contributed by atoms with Crippen LogP contribution < -0.4 is 11.0 Å². The molecule has 2 N–H and O–H groups in total. The third-order valence-electron chi connectivity index (χ3n) is 4.07. The standard InChI is InChI=1S/C17H21N3O5/c1-23-10-12-14(21)15(24-2)16(25-12)20-9-8-13(19-17(20)22)18-11-6-4-3-5-7-11/h3-9,12,14-16,21H,10H2,1-2H3,(H,18,19,22)/t12-,14?,15+,16-/m1/s1. The molecule has 0 radical (unpaired) electrons. The van der Waals surface area contributed by atoms with Crippen molar-refractivity contribution in [1.29, 1.82) is 0 Å². The Morgan fingerprint density at radius 2 is 2.04 bits per heavy atom. The van der Waals surface area contributed by atoms with Crippen molar-refractivity contribution < 1.29 is 19.3 Å². The zero-order valence-electron chi connectivity index (χ0n) is 14.0. The Bertz CT molecular complexity index is 751. The normalized spacial score (nSPS) is 25.9. The summed E-state index contributed by atoms with van der Waals surface area (Å²) < 4.78 is 17.4. The van der Waals surface area contributed by atoms with E-state index >= 15 is 0 Å². The Hall–Kier alpha value is -2.26. The van der Waals surface area contributed by atoms with Gasteiger partial charge in [0, 0.05) is 26.1 Å². The predicted molar refractivity (Wildman–Crippen MR) is 90.8 cm³/mol. The zero-order valence-corrected chi connectivity index (χ0v) is 14.0. The largest absolute Gasteiger partial charge is 0.387 e. The minimum absolute atomic E-state index is 0.202. The van der Waals surface area contributed by atoms with E-state index in [2.05, 4.69) is 10.3 Å². The number of ether oxygens (including phenoxy) is 3. The molecule has 0 amide bonds. The van der Waals surface area contributed by atoms with E-state index in [1.165, 1.54) is 18.8 Å². The molecule has 0 spiro atoms. The van der Waals surface area contributed by atoms with E-state index in [0.29, 0.717) is 5.82 Å². The first-order valence-electron chi connectivity index (χ1n) is 7.90. The Kier molecular flexibility index (Phi) is 5.44. The summed E-state index contributed by atoms with van der Waals surface area (Å²) in [6.07, 6.45) is -1.37. The predicted octanol–water partition coefficient (Wildman–Crippen LogP) is 0.907. The summed E-state index contributed by atoms with van der Waals surface area (Å²) in [6.45, 7) is 0.202. The lowest BCUT2D eigenvalue weighted by atomic mass is 10.1. The monoisotopic (exact) mass is 347 g/mol. The van der Waals surface area contributed by atoms with E-state index < -0.39 is 30.2 Å². The van der Waals surface area contributed by atoms with Gasteiger partial charge < -0.3 is 24.6 Å². The van der Waals surface area contributed by atoms with Crippen LogP contribution >= 0.6 is 0 Å². The van der Waals surface area contributed by atoms with E-state index in [9.17, 15) is 9.90 Å². The average Bonchev–Trinajstić information content (AvgIpc) is 2.92. The zero-order chi connectivity index (χ0) is 17.8. The smallest absolute Gasteiger partial charge is 0.351 e. The highest BCUT2D eigenvalue weighted by atomic mass is 16.6. The van der Waals surface area contributed by atoms with Crippen LogP contribution in [0.2, 0.25) is 0 Å². The van der Waals surface area contributed by atoms with Gasteiger partial charge in [-0.1, -0.05) is 18.2 Å². The van der Waals surface area contributed by atoms with Crippen LogP contribution in [0.3, 0.4) is 0 Å². The number of aliphatic hydroxyl groups excluding tert-OH is 1. The molecule has 8 nitrogen and oxygen atoms in total. The van der Waals surface area contributed by atoms with Crippen LogP contribution in [-0.2, 0) is 14.2 Å². The molecule has 1 saturated heterocycles. The molecule has 1 unspecified atom stereocenters. The molecule has 0 bridgehead atoms. The van der Waals surface area contributed by atoms with Gasteiger partial charge in [-0.15, -0.1) is 0 Å². The van der Waals surface area contributed by atoms with Crippen LogP contribution in [0.1, 0.15) is 6.23 Å².